The number of hydrogen-bond acceptors (Lipinski definition) is 4. The van der Waals surface area contributed by atoms with E-state index in [4.69, 9.17) is 0 Å². The lowest BCUT2D eigenvalue weighted by molar-refractivity contribution is 0.0742. The molecule has 2 aliphatic rings. The van der Waals surface area contributed by atoms with E-state index >= 15 is 0 Å². The Kier molecular flexibility index (Phi) is 3.38. The third-order valence-electron chi connectivity index (χ3n) is 4.54. The van der Waals surface area contributed by atoms with Crippen LogP contribution in [0, 0.1) is 0 Å². The van der Waals surface area contributed by atoms with Gasteiger partial charge in [-0.25, -0.2) is 4.68 Å². The van der Waals surface area contributed by atoms with Crippen molar-refractivity contribution in [2.75, 3.05) is 13.1 Å². The molecule has 114 valence electrons. The standard InChI is InChI=1S/C16H19N5O/c22-16(20-9-8-12-6-7-13(10-20)17-12)15-11-21(19-18-15)14-4-2-1-3-5-14/h1-5,11-13,17H,6-10H2. The van der Waals surface area contributed by atoms with Crippen LogP contribution in [-0.4, -0.2) is 51.0 Å². The zero-order valence-corrected chi connectivity index (χ0v) is 12.4. The van der Waals surface area contributed by atoms with E-state index in [9.17, 15) is 4.79 Å². The summed E-state index contributed by atoms with van der Waals surface area (Å²) in [5.74, 6) is -0.0171. The molecular weight excluding hydrogens is 278 g/mol. The Labute approximate surface area is 129 Å². The third-order valence-corrected chi connectivity index (χ3v) is 4.54. The molecule has 4 rings (SSSR count). The Morgan fingerprint density at radius 1 is 1.14 bits per heavy atom. The van der Waals surface area contributed by atoms with Gasteiger partial charge in [0.2, 0.25) is 0 Å². The molecule has 1 amide bonds. The number of likely N-dealkylation sites (tertiary alicyclic amines) is 1. The molecule has 2 saturated heterocycles. The van der Waals surface area contributed by atoms with Gasteiger partial charge in [0.25, 0.3) is 5.91 Å². The molecule has 0 saturated carbocycles. The van der Waals surface area contributed by atoms with E-state index in [1.807, 2.05) is 35.2 Å². The van der Waals surface area contributed by atoms with Crippen LogP contribution in [0.3, 0.4) is 0 Å². The molecule has 22 heavy (non-hydrogen) atoms. The van der Waals surface area contributed by atoms with Crippen LogP contribution in [0.25, 0.3) is 5.69 Å². The molecule has 6 nitrogen and oxygen atoms in total. The van der Waals surface area contributed by atoms with Crippen LogP contribution in [0.2, 0.25) is 0 Å². The van der Waals surface area contributed by atoms with Crippen molar-refractivity contribution < 1.29 is 4.79 Å². The minimum absolute atomic E-state index is 0.0171. The predicted molar refractivity (Wildman–Crippen MR) is 81.8 cm³/mol. The Balaban J connectivity index is 1.52. The SMILES string of the molecule is O=C(c1cn(-c2ccccc2)nn1)N1CCC2CCC(C1)N2. The number of nitrogens with zero attached hydrogens (tertiary/aromatic N) is 4. The monoisotopic (exact) mass is 297 g/mol. The molecule has 2 atom stereocenters. The van der Waals surface area contributed by atoms with Crippen molar-refractivity contribution in [2.45, 2.75) is 31.3 Å². The van der Waals surface area contributed by atoms with E-state index in [-0.39, 0.29) is 5.91 Å². The van der Waals surface area contributed by atoms with E-state index in [2.05, 4.69) is 15.6 Å². The Bertz CT molecular complexity index is 668. The quantitative estimate of drug-likeness (QED) is 0.906. The second kappa shape index (κ2) is 5.53. The molecule has 2 fully saturated rings. The maximum absolute atomic E-state index is 12.7. The first kappa shape index (κ1) is 13.5. The molecule has 3 heterocycles. The topological polar surface area (TPSA) is 63.1 Å². The fraction of sp³-hybridized carbons (Fsp3) is 0.438. The molecular formula is C16H19N5O. The van der Waals surface area contributed by atoms with Gasteiger partial charge < -0.3 is 10.2 Å². The number of amides is 1. The van der Waals surface area contributed by atoms with E-state index in [1.54, 1.807) is 10.9 Å². The molecule has 0 spiro atoms. The van der Waals surface area contributed by atoms with Crippen LogP contribution in [0.15, 0.2) is 36.5 Å². The highest BCUT2D eigenvalue weighted by Gasteiger charge is 2.32. The lowest BCUT2D eigenvalue weighted by Crippen LogP contribution is -2.39. The molecule has 2 aromatic rings. The summed E-state index contributed by atoms with van der Waals surface area (Å²) in [4.78, 5) is 14.6. The maximum atomic E-state index is 12.7. The van der Waals surface area contributed by atoms with Gasteiger partial charge in [0.05, 0.1) is 11.9 Å². The van der Waals surface area contributed by atoms with Crippen LogP contribution in [0.1, 0.15) is 29.8 Å². The molecule has 0 radical (unpaired) electrons. The zero-order valence-electron chi connectivity index (χ0n) is 12.4. The maximum Gasteiger partial charge on any atom is 0.276 e. The predicted octanol–water partition coefficient (Wildman–Crippen LogP) is 1.23. The fourth-order valence-electron chi connectivity index (χ4n) is 3.36. The molecule has 1 N–H and O–H groups in total. The average molecular weight is 297 g/mol. The van der Waals surface area contributed by atoms with Crippen molar-refractivity contribution in [1.29, 1.82) is 0 Å². The normalized spacial score (nSPS) is 24.3. The lowest BCUT2D eigenvalue weighted by Gasteiger charge is -2.23. The smallest absolute Gasteiger partial charge is 0.276 e. The largest absolute Gasteiger partial charge is 0.336 e. The number of carbonyl (C=O) groups is 1. The summed E-state index contributed by atoms with van der Waals surface area (Å²) < 4.78 is 1.65. The number of aromatic nitrogens is 3. The highest BCUT2D eigenvalue weighted by atomic mass is 16.2. The van der Waals surface area contributed by atoms with Gasteiger partial charge in [-0.15, -0.1) is 5.10 Å². The molecule has 1 aromatic heterocycles. The van der Waals surface area contributed by atoms with Crippen LogP contribution >= 0.6 is 0 Å². The van der Waals surface area contributed by atoms with Crippen LogP contribution in [0.4, 0.5) is 0 Å². The van der Waals surface area contributed by atoms with Gasteiger partial charge in [-0.05, 0) is 31.4 Å². The highest BCUT2D eigenvalue weighted by Crippen LogP contribution is 2.21. The zero-order chi connectivity index (χ0) is 14.9. The van der Waals surface area contributed by atoms with E-state index in [1.165, 1.54) is 6.42 Å². The molecule has 2 bridgehead atoms. The summed E-state index contributed by atoms with van der Waals surface area (Å²) in [5.41, 5.74) is 1.33. The summed E-state index contributed by atoms with van der Waals surface area (Å²) in [6.07, 6.45) is 5.13. The lowest BCUT2D eigenvalue weighted by atomic mass is 10.1. The van der Waals surface area contributed by atoms with Gasteiger partial charge in [-0.2, -0.15) is 0 Å². The average Bonchev–Trinajstić information content (AvgIpc) is 3.14. The number of rotatable bonds is 2. The van der Waals surface area contributed by atoms with Crippen molar-refractivity contribution in [3.8, 4) is 5.69 Å². The van der Waals surface area contributed by atoms with Gasteiger partial charge in [-0.1, -0.05) is 23.4 Å². The summed E-state index contributed by atoms with van der Waals surface area (Å²) in [5, 5.41) is 11.7. The van der Waals surface area contributed by atoms with Crippen LogP contribution in [0.5, 0.6) is 0 Å². The fourth-order valence-corrected chi connectivity index (χ4v) is 3.36. The summed E-state index contributed by atoms with van der Waals surface area (Å²) >= 11 is 0. The number of hydrogen-bond donors (Lipinski definition) is 1. The minimum atomic E-state index is -0.0171. The van der Waals surface area contributed by atoms with Crippen molar-refractivity contribution in [2.24, 2.45) is 0 Å². The second-order valence-corrected chi connectivity index (χ2v) is 6.06. The summed E-state index contributed by atoms with van der Waals surface area (Å²) in [6, 6.07) is 10.7. The van der Waals surface area contributed by atoms with Gasteiger partial charge >= 0.3 is 0 Å². The number of benzene rings is 1. The number of fused-ring (bicyclic) bond motifs is 2. The number of carbonyl (C=O) groups excluding carboxylic acids is 1. The first-order valence-corrected chi connectivity index (χ1v) is 7.83. The summed E-state index contributed by atoms with van der Waals surface area (Å²) in [6.45, 7) is 1.57. The van der Waals surface area contributed by atoms with Gasteiger partial charge in [0.15, 0.2) is 5.69 Å². The summed E-state index contributed by atoms with van der Waals surface area (Å²) in [7, 11) is 0. The molecule has 2 unspecified atom stereocenters. The van der Waals surface area contributed by atoms with E-state index in [0.717, 1.165) is 31.6 Å². The van der Waals surface area contributed by atoms with E-state index in [0.29, 0.717) is 17.8 Å². The number of para-hydroxylation sites is 1. The minimum Gasteiger partial charge on any atom is -0.336 e. The first-order chi connectivity index (χ1) is 10.8. The van der Waals surface area contributed by atoms with Crippen molar-refractivity contribution in [1.82, 2.24) is 25.2 Å². The highest BCUT2D eigenvalue weighted by molar-refractivity contribution is 5.92. The van der Waals surface area contributed by atoms with Crippen LogP contribution in [-0.2, 0) is 0 Å². The van der Waals surface area contributed by atoms with Gasteiger partial charge in [0.1, 0.15) is 0 Å². The Morgan fingerprint density at radius 2 is 1.95 bits per heavy atom. The van der Waals surface area contributed by atoms with Gasteiger partial charge in [-0.3, -0.25) is 4.79 Å². The van der Waals surface area contributed by atoms with Crippen molar-refractivity contribution in [3.63, 3.8) is 0 Å². The second-order valence-electron chi connectivity index (χ2n) is 6.06. The Morgan fingerprint density at radius 3 is 2.82 bits per heavy atom. The van der Waals surface area contributed by atoms with Crippen molar-refractivity contribution in [3.05, 3.63) is 42.2 Å². The molecule has 6 heteroatoms. The van der Waals surface area contributed by atoms with Crippen LogP contribution < -0.4 is 5.32 Å². The van der Waals surface area contributed by atoms with E-state index < -0.39 is 0 Å². The Hall–Kier alpha value is -2.21. The third kappa shape index (κ3) is 2.50. The molecule has 0 aliphatic carbocycles. The molecule has 2 aliphatic heterocycles. The van der Waals surface area contributed by atoms with Crippen molar-refractivity contribution >= 4 is 5.91 Å². The molecule has 1 aromatic carbocycles. The van der Waals surface area contributed by atoms with Gasteiger partial charge in [0, 0.05) is 25.2 Å². The number of nitrogens with one attached hydrogen (secondary N) is 1. The first-order valence-electron chi connectivity index (χ1n) is 7.83.